The molecule has 0 spiro atoms. The topological polar surface area (TPSA) is 60.8 Å². The van der Waals surface area contributed by atoms with Crippen molar-refractivity contribution in [1.29, 1.82) is 0 Å². The molecule has 4 nitrogen and oxygen atoms in total. The molecule has 1 N–H and O–H groups in total. The second kappa shape index (κ2) is 17.5. The van der Waals surface area contributed by atoms with E-state index in [0.29, 0.717) is 17.7 Å². The van der Waals surface area contributed by atoms with Crippen LogP contribution in [0, 0.1) is 6.92 Å². The van der Waals surface area contributed by atoms with Crippen molar-refractivity contribution in [2.75, 3.05) is 26.2 Å². The van der Waals surface area contributed by atoms with Gasteiger partial charge in [-0.2, -0.15) is 52.5 Å². The van der Waals surface area contributed by atoms with Gasteiger partial charge in [0, 0.05) is 11.8 Å². The van der Waals surface area contributed by atoms with Gasteiger partial charge in [0.25, 0.3) is 0 Å². The van der Waals surface area contributed by atoms with Gasteiger partial charge in [-0.3, -0.25) is 4.99 Å². The van der Waals surface area contributed by atoms with Gasteiger partial charge >= 0.3 is 34.1 Å². The summed E-state index contributed by atoms with van der Waals surface area (Å²) in [5.41, 5.74) is -2.73. The van der Waals surface area contributed by atoms with Crippen LogP contribution in [0.15, 0.2) is 41.4 Å². The van der Waals surface area contributed by atoms with Gasteiger partial charge in [0.2, 0.25) is 0 Å². The molecule has 0 aliphatic heterocycles. The number of rotatable bonds is 6. The van der Waals surface area contributed by atoms with Crippen molar-refractivity contribution in [2.24, 2.45) is 4.99 Å². The number of hydrogen-bond donors (Lipinski definition) is 1. The number of hydrogen-bond acceptors (Lipinski definition) is 2. The zero-order valence-corrected chi connectivity index (χ0v) is 22.0. The second-order valence-electron chi connectivity index (χ2n) is 6.75. The van der Waals surface area contributed by atoms with Crippen molar-refractivity contribution >= 4 is 11.9 Å². The maximum atomic E-state index is 12.8. The molecule has 35 heavy (non-hydrogen) atoms. The van der Waals surface area contributed by atoms with Crippen LogP contribution < -0.4 is 0 Å². The number of phenolic OH excluding ortho intramolecular Hbond substituents is 1. The van der Waals surface area contributed by atoms with Crippen LogP contribution in [0.1, 0.15) is 49.9 Å². The van der Waals surface area contributed by atoms with Gasteiger partial charge in [-0.1, -0.05) is 39.8 Å². The zero-order chi connectivity index (χ0) is 26.4. The van der Waals surface area contributed by atoms with E-state index >= 15 is 0 Å². The van der Waals surface area contributed by atoms with E-state index in [1.807, 2.05) is 27.7 Å². The van der Waals surface area contributed by atoms with Crippen molar-refractivity contribution < 1.29 is 53.2 Å². The molecule has 0 unspecified atom stereocenters. The van der Waals surface area contributed by atoms with Crippen LogP contribution in [0.25, 0.3) is 10.6 Å². The largest absolute Gasteiger partial charge is 2.00 e. The molecule has 0 bridgehead atoms. The Bertz CT molecular complexity index is 844. The molecule has 0 aromatic heterocycles. The predicted molar refractivity (Wildman–Crippen MR) is 125 cm³/mol. The molecule has 2 aromatic carbocycles. The minimum absolute atomic E-state index is 0. The fraction of sp³-hybridized carbons (Fsp3) is 0.458. The molecule has 2 rings (SSSR count). The van der Waals surface area contributed by atoms with Crippen LogP contribution in [0.5, 0.6) is 5.75 Å². The normalized spacial score (nSPS) is 11.2. The average molecular weight is 539 g/mol. The Morgan fingerprint density at radius 3 is 1.57 bits per heavy atom. The first-order valence-corrected chi connectivity index (χ1v) is 10.7. The molecule has 194 valence electrons. The Morgan fingerprint density at radius 2 is 1.23 bits per heavy atom. The van der Waals surface area contributed by atoms with Gasteiger partial charge in [-0.15, -0.1) is 0 Å². The quantitative estimate of drug-likeness (QED) is 0.224. The SMILES string of the molecule is CC[N-]CC.CC[N-]CC.Cc1cccc(C=Nc2cc(C(F)(F)F)cc(C(F)(F)F)c2)c1O.[Ti+2]. The van der Waals surface area contributed by atoms with E-state index < -0.39 is 29.2 Å². The number of benzene rings is 2. The van der Waals surface area contributed by atoms with E-state index in [4.69, 9.17) is 0 Å². The van der Waals surface area contributed by atoms with Crippen LogP contribution in [0.2, 0.25) is 0 Å². The fourth-order valence-corrected chi connectivity index (χ4v) is 2.39. The van der Waals surface area contributed by atoms with E-state index in [1.165, 1.54) is 6.07 Å². The van der Waals surface area contributed by atoms with Crippen LogP contribution >= 0.6 is 0 Å². The number of para-hydroxylation sites is 1. The maximum Gasteiger partial charge on any atom is 2.00 e. The van der Waals surface area contributed by atoms with Crippen molar-refractivity contribution in [3.63, 3.8) is 0 Å². The molecule has 11 heteroatoms. The third kappa shape index (κ3) is 14.3. The first-order valence-electron chi connectivity index (χ1n) is 10.7. The van der Waals surface area contributed by atoms with E-state index in [9.17, 15) is 31.4 Å². The summed E-state index contributed by atoms with van der Waals surface area (Å²) in [6.07, 6.45) is -8.86. The summed E-state index contributed by atoms with van der Waals surface area (Å²) in [5, 5.41) is 17.7. The summed E-state index contributed by atoms with van der Waals surface area (Å²) in [4.78, 5) is 3.64. The van der Waals surface area contributed by atoms with Gasteiger partial charge in [-0.25, -0.2) is 0 Å². The summed E-state index contributed by atoms with van der Waals surface area (Å²) < 4.78 is 76.5. The molecular formula is C24H31F6N3OTi. The predicted octanol–water partition coefficient (Wildman–Crippen LogP) is 8.29. The minimum atomic E-state index is -4.93. The van der Waals surface area contributed by atoms with Crippen LogP contribution in [-0.2, 0) is 34.1 Å². The van der Waals surface area contributed by atoms with Crippen LogP contribution in [-0.4, -0.2) is 37.5 Å². The average Bonchev–Trinajstić information content (AvgIpc) is 2.75. The second-order valence-corrected chi connectivity index (χ2v) is 6.75. The van der Waals surface area contributed by atoms with Gasteiger partial charge in [0.15, 0.2) is 0 Å². The molecule has 0 aliphatic carbocycles. The molecule has 0 amide bonds. The number of aliphatic imine (C=N–C) groups is 1. The standard InChI is InChI=1S/C16H11F6NO.2C4H10N.Ti/c1-9-3-2-4-10(14(9)24)8-23-13-6-11(15(17,18)19)5-12(7-13)16(20,21)22;2*1-3-5-4-2;/h2-8,24H,1H3;2*3-4H2,1-2H3;/q;2*-1;+2. The summed E-state index contributed by atoms with van der Waals surface area (Å²) in [6, 6.07) is 5.66. The number of halogens is 6. The zero-order valence-electron chi connectivity index (χ0n) is 20.4. The molecule has 2 aromatic rings. The van der Waals surface area contributed by atoms with Gasteiger partial charge in [0.05, 0.1) is 16.8 Å². The maximum absolute atomic E-state index is 12.8. The molecular weight excluding hydrogens is 508 g/mol. The number of nitrogens with zero attached hydrogens (tertiary/aromatic N) is 3. The van der Waals surface area contributed by atoms with E-state index in [1.54, 1.807) is 19.1 Å². The summed E-state index contributed by atoms with van der Waals surface area (Å²) in [6.45, 7) is 13.7. The van der Waals surface area contributed by atoms with Crippen molar-refractivity contribution in [1.82, 2.24) is 0 Å². The molecule has 0 aliphatic rings. The smallest absolute Gasteiger partial charge is 0.663 e. The van der Waals surface area contributed by atoms with Crippen molar-refractivity contribution in [3.8, 4) is 5.75 Å². The number of aromatic hydroxyl groups is 1. The Labute approximate surface area is 218 Å². The van der Waals surface area contributed by atoms with Crippen molar-refractivity contribution in [3.05, 3.63) is 69.3 Å². The molecule has 0 saturated carbocycles. The van der Waals surface area contributed by atoms with E-state index in [-0.39, 0.29) is 39.1 Å². The monoisotopic (exact) mass is 539 g/mol. The third-order valence-corrected chi connectivity index (χ3v) is 4.09. The summed E-state index contributed by atoms with van der Waals surface area (Å²) >= 11 is 0. The fourth-order valence-electron chi connectivity index (χ4n) is 2.39. The number of alkyl halides is 6. The molecule has 0 saturated heterocycles. The Hall–Kier alpha value is -1.88. The van der Waals surface area contributed by atoms with E-state index in [2.05, 4.69) is 15.6 Å². The van der Waals surface area contributed by atoms with Gasteiger partial charge in [0.1, 0.15) is 5.75 Å². The molecule has 0 atom stereocenters. The molecule has 0 heterocycles. The van der Waals surface area contributed by atoms with Crippen LogP contribution in [0.4, 0.5) is 32.0 Å². The molecule has 0 radical (unpaired) electrons. The summed E-state index contributed by atoms with van der Waals surface area (Å²) in [7, 11) is 0. The van der Waals surface area contributed by atoms with Gasteiger partial charge < -0.3 is 15.7 Å². The first-order chi connectivity index (χ1) is 15.8. The Kier molecular flexibility index (Phi) is 17.7. The van der Waals surface area contributed by atoms with E-state index in [0.717, 1.165) is 32.4 Å². The minimum Gasteiger partial charge on any atom is -0.663 e. The Balaban J connectivity index is 0. The number of phenols is 1. The van der Waals surface area contributed by atoms with Gasteiger partial charge in [-0.05, 0) is 36.8 Å². The third-order valence-electron chi connectivity index (χ3n) is 4.09. The van der Waals surface area contributed by atoms with Crippen LogP contribution in [0.3, 0.4) is 0 Å². The summed E-state index contributed by atoms with van der Waals surface area (Å²) in [5.74, 6) is -0.149. The number of aryl methyl sites for hydroxylation is 1. The first kappa shape index (κ1) is 35.3. The molecule has 0 fully saturated rings. The Morgan fingerprint density at radius 1 is 0.800 bits per heavy atom. The van der Waals surface area contributed by atoms with Crippen molar-refractivity contribution in [2.45, 2.75) is 47.0 Å².